The summed E-state index contributed by atoms with van der Waals surface area (Å²) in [5.41, 5.74) is 0.0481. The Morgan fingerprint density at radius 1 is 1.44 bits per heavy atom. The molecule has 3 unspecified atom stereocenters. The van der Waals surface area contributed by atoms with Crippen LogP contribution in [0.1, 0.15) is 12.8 Å². The van der Waals surface area contributed by atoms with E-state index in [2.05, 4.69) is 4.98 Å². The standard InChI is InChI=1S/C12H15N3O3/c16-11-4-3-8-6-14(7-9(8)11)12-10(15(17)18)2-1-5-13-12/h1-2,5,8-9,11,16H,3-4,6-7H2. The molecule has 1 saturated carbocycles. The zero-order valence-electron chi connectivity index (χ0n) is 9.90. The molecule has 1 aliphatic heterocycles. The molecule has 0 aromatic carbocycles. The third kappa shape index (κ3) is 1.73. The van der Waals surface area contributed by atoms with Crippen LogP contribution < -0.4 is 4.90 Å². The maximum atomic E-state index is 11.0. The molecule has 3 atom stereocenters. The quantitative estimate of drug-likeness (QED) is 0.629. The number of fused-ring (bicyclic) bond motifs is 1. The zero-order valence-corrected chi connectivity index (χ0v) is 9.90. The third-order valence-electron chi connectivity index (χ3n) is 4.08. The Hall–Kier alpha value is -1.69. The van der Waals surface area contributed by atoms with E-state index in [4.69, 9.17) is 0 Å². The van der Waals surface area contributed by atoms with Gasteiger partial charge in [-0.1, -0.05) is 0 Å². The lowest BCUT2D eigenvalue weighted by atomic mass is 10.00. The maximum absolute atomic E-state index is 11.0. The molecule has 2 aliphatic rings. The van der Waals surface area contributed by atoms with E-state index in [0.29, 0.717) is 18.3 Å². The Labute approximate surface area is 104 Å². The molecule has 2 fully saturated rings. The fraction of sp³-hybridized carbons (Fsp3) is 0.583. The highest BCUT2D eigenvalue weighted by Crippen LogP contribution is 2.41. The molecule has 1 saturated heterocycles. The van der Waals surface area contributed by atoms with Gasteiger partial charge in [-0.2, -0.15) is 0 Å². The van der Waals surface area contributed by atoms with E-state index in [1.807, 2.05) is 4.90 Å². The second-order valence-corrected chi connectivity index (χ2v) is 5.08. The lowest BCUT2D eigenvalue weighted by Gasteiger charge is -2.18. The van der Waals surface area contributed by atoms with Gasteiger partial charge in [0.2, 0.25) is 5.82 Å². The number of anilines is 1. The molecule has 0 radical (unpaired) electrons. The minimum atomic E-state index is -0.396. The SMILES string of the molecule is O=[N+]([O-])c1cccnc1N1CC2CCC(O)C2C1. The Morgan fingerprint density at radius 2 is 2.28 bits per heavy atom. The molecule has 1 aliphatic carbocycles. The lowest BCUT2D eigenvalue weighted by Crippen LogP contribution is -2.25. The van der Waals surface area contributed by atoms with Gasteiger partial charge in [-0.15, -0.1) is 0 Å². The van der Waals surface area contributed by atoms with Gasteiger partial charge >= 0.3 is 5.69 Å². The van der Waals surface area contributed by atoms with Crippen LogP contribution in [0.2, 0.25) is 0 Å². The molecule has 0 bridgehead atoms. The molecular formula is C12H15N3O3. The first-order chi connectivity index (χ1) is 8.66. The van der Waals surface area contributed by atoms with E-state index in [0.717, 1.165) is 19.4 Å². The van der Waals surface area contributed by atoms with Crippen LogP contribution in [-0.2, 0) is 0 Å². The summed E-state index contributed by atoms with van der Waals surface area (Å²) < 4.78 is 0. The van der Waals surface area contributed by atoms with E-state index in [1.54, 1.807) is 12.3 Å². The van der Waals surface area contributed by atoms with Crippen molar-refractivity contribution in [2.45, 2.75) is 18.9 Å². The smallest absolute Gasteiger partial charge is 0.311 e. The van der Waals surface area contributed by atoms with E-state index in [1.165, 1.54) is 6.07 Å². The molecule has 3 rings (SSSR count). The second-order valence-electron chi connectivity index (χ2n) is 5.08. The van der Waals surface area contributed by atoms with Crippen molar-refractivity contribution in [2.24, 2.45) is 11.8 Å². The number of hydrogen-bond donors (Lipinski definition) is 1. The predicted octanol–water partition coefficient (Wildman–Crippen LogP) is 1.20. The molecule has 6 nitrogen and oxygen atoms in total. The summed E-state index contributed by atoms with van der Waals surface area (Å²) >= 11 is 0. The van der Waals surface area contributed by atoms with Crippen LogP contribution in [-0.4, -0.2) is 34.2 Å². The Morgan fingerprint density at radius 3 is 3.00 bits per heavy atom. The molecule has 1 aromatic heterocycles. The average molecular weight is 249 g/mol. The van der Waals surface area contributed by atoms with Crippen LogP contribution in [0.4, 0.5) is 11.5 Å². The summed E-state index contributed by atoms with van der Waals surface area (Å²) in [6, 6.07) is 3.06. The number of aliphatic hydroxyl groups excluding tert-OH is 1. The zero-order chi connectivity index (χ0) is 12.7. The number of aliphatic hydroxyl groups is 1. The summed E-state index contributed by atoms with van der Waals surface area (Å²) in [5, 5.41) is 20.8. The number of aromatic nitrogens is 1. The van der Waals surface area contributed by atoms with Crippen molar-refractivity contribution in [1.82, 2.24) is 4.98 Å². The van der Waals surface area contributed by atoms with E-state index in [-0.39, 0.29) is 17.7 Å². The number of rotatable bonds is 2. The molecular weight excluding hydrogens is 234 g/mol. The van der Waals surface area contributed by atoms with Crippen molar-refractivity contribution < 1.29 is 10.0 Å². The normalized spacial score (nSPS) is 30.5. The lowest BCUT2D eigenvalue weighted by molar-refractivity contribution is -0.384. The Kier molecular flexibility index (Phi) is 2.66. The molecule has 0 amide bonds. The summed E-state index contributed by atoms with van der Waals surface area (Å²) in [4.78, 5) is 16.7. The van der Waals surface area contributed by atoms with Crippen LogP contribution in [0, 0.1) is 22.0 Å². The van der Waals surface area contributed by atoms with Crippen molar-refractivity contribution in [1.29, 1.82) is 0 Å². The first-order valence-electron chi connectivity index (χ1n) is 6.19. The monoisotopic (exact) mass is 249 g/mol. The highest BCUT2D eigenvalue weighted by atomic mass is 16.6. The molecule has 96 valence electrons. The molecule has 1 aromatic rings. The van der Waals surface area contributed by atoms with Crippen molar-refractivity contribution in [3.8, 4) is 0 Å². The average Bonchev–Trinajstić information content (AvgIpc) is 2.92. The summed E-state index contributed by atoms with van der Waals surface area (Å²) in [7, 11) is 0. The van der Waals surface area contributed by atoms with Gasteiger partial charge in [0.15, 0.2) is 0 Å². The van der Waals surface area contributed by atoms with Crippen molar-refractivity contribution in [2.75, 3.05) is 18.0 Å². The van der Waals surface area contributed by atoms with Crippen molar-refractivity contribution >= 4 is 11.5 Å². The minimum absolute atomic E-state index is 0.0481. The van der Waals surface area contributed by atoms with Gasteiger partial charge in [0, 0.05) is 31.3 Å². The van der Waals surface area contributed by atoms with Crippen LogP contribution in [0.5, 0.6) is 0 Å². The predicted molar refractivity (Wildman–Crippen MR) is 65.3 cm³/mol. The van der Waals surface area contributed by atoms with Crippen molar-refractivity contribution in [3.05, 3.63) is 28.4 Å². The topological polar surface area (TPSA) is 79.5 Å². The molecule has 18 heavy (non-hydrogen) atoms. The summed E-state index contributed by atoms with van der Waals surface area (Å²) in [6.07, 6.45) is 3.17. The highest BCUT2D eigenvalue weighted by Gasteiger charge is 2.43. The Bertz CT molecular complexity index is 479. The molecule has 0 spiro atoms. The van der Waals surface area contributed by atoms with Gasteiger partial charge in [-0.3, -0.25) is 10.1 Å². The van der Waals surface area contributed by atoms with Gasteiger partial charge in [-0.25, -0.2) is 4.98 Å². The van der Waals surface area contributed by atoms with E-state index >= 15 is 0 Å². The fourth-order valence-corrected chi connectivity index (χ4v) is 3.18. The largest absolute Gasteiger partial charge is 0.393 e. The third-order valence-corrected chi connectivity index (χ3v) is 4.08. The summed E-state index contributed by atoms with van der Waals surface area (Å²) in [5.74, 6) is 1.12. The Balaban J connectivity index is 1.87. The fourth-order valence-electron chi connectivity index (χ4n) is 3.18. The van der Waals surface area contributed by atoms with Gasteiger partial charge in [0.1, 0.15) is 0 Å². The number of hydrogen-bond acceptors (Lipinski definition) is 5. The van der Waals surface area contributed by atoms with E-state index < -0.39 is 4.92 Å². The molecule has 2 heterocycles. The van der Waals surface area contributed by atoms with Gasteiger partial charge < -0.3 is 10.0 Å². The summed E-state index contributed by atoms with van der Waals surface area (Å²) in [6.45, 7) is 1.43. The number of nitro groups is 1. The first kappa shape index (κ1) is 11.4. The molecule has 1 N–H and O–H groups in total. The first-order valence-corrected chi connectivity index (χ1v) is 6.19. The van der Waals surface area contributed by atoms with Gasteiger partial charge in [0.05, 0.1) is 11.0 Å². The number of pyridine rings is 1. The van der Waals surface area contributed by atoms with Crippen LogP contribution in [0.25, 0.3) is 0 Å². The molecule has 6 heteroatoms. The second kappa shape index (κ2) is 4.20. The van der Waals surface area contributed by atoms with Gasteiger partial charge in [-0.05, 0) is 24.8 Å². The van der Waals surface area contributed by atoms with E-state index in [9.17, 15) is 15.2 Å². The van der Waals surface area contributed by atoms with Crippen molar-refractivity contribution in [3.63, 3.8) is 0 Å². The minimum Gasteiger partial charge on any atom is -0.393 e. The van der Waals surface area contributed by atoms with Crippen LogP contribution >= 0.6 is 0 Å². The highest BCUT2D eigenvalue weighted by molar-refractivity contribution is 5.58. The van der Waals surface area contributed by atoms with Crippen LogP contribution in [0.15, 0.2) is 18.3 Å². The van der Waals surface area contributed by atoms with Gasteiger partial charge in [0.25, 0.3) is 0 Å². The maximum Gasteiger partial charge on any atom is 0.311 e. The number of nitrogens with zero attached hydrogens (tertiary/aromatic N) is 3. The van der Waals surface area contributed by atoms with Crippen LogP contribution in [0.3, 0.4) is 0 Å².